The van der Waals surface area contributed by atoms with E-state index >= 15 is 0 Å². The molecule has 0 spiro atoms. The molecule has 6 nitrogen and oxygen atoms in total. The van der Waals surface area contributed by atoms with Gasteiger partial charge in [0.05, 0.1) is 0 Å². The van der Waals surface area contributed by atoms with E-state index in [1.807, 2.05) is 0 Å². The Bertz CT molecular complexity index is 1110. The van der Waals surface area contributed by atoms with E-state index in [-0.39, 0.29) is 31.1 Å². The zero-order valence-electron chi connectivity index (χ0n) is 46.6. The third-order valence-electron chi connectivity index (χ3n) is 14.0. The van der Waals surface area contributed by atoms with E-state index in [9.17, 15) is 14.4 Å². The number of allylic oxidation sites excluding steroid dienone is 4. The lowest BCUT2D eigenvalue weighted by Crippen LogP contribution is -2.30. The second-order valence-electron chi connectivity index (χ2n) is 21.0. The van der Waals surface area contributed by atoms with Crippen molar-refractivity contribution in [2.75, 3.05) is 13.2 Å². The number of carbonyl (C=O) groups is 3. The number of carbonyl (C=O) groups excluding carboxylic acids is 3. The molecule has 0 heterocycles. The quantitative estimate of drug-likeness (QED) is 0.0261. The molecule has 0 rings (SSSR count). The van der Waals surface area contributed by atoms with E-state index in [0.717, 1.165) is 64.2 Å². The SMILES string of the molecule is CCCCCCC/C=C\C/C=C\CCCCCCCCCCCCCCCC(=O)OCC(COC(=O)CCCCCCCCCCCCC)OC(=O)CCCCCCCCCCCCCCCCC. The molecule has 0 saturated heterocycles. The van der Waals surface area contributed by atoms with Crippen LogP contribution in [-0.2, 0) is 28.6 Å². The summed E-state index contributed by atoms with van der Waals surface area (Å²) in [6, 6.07) is 0. The first-order valence-electron chi connectivity index (χ1n) is 30.8. The van der Waals surface area contributed by atoms with E-state index in [1.165, 1.54) is 238 Å². The molecule has 0 N–H and O–H groups in total. The van der Waals surface area contributed by atoms with E-state index in [4.69, 9.17) is 14.2 Å². The fourth-order valence-electron chi connectivity index (χ4n) is 9.30. The van der Waals surface area contributed by atoms with E-state index in [2.05, 4.69) is 45.1 Å². The predicted octanol–water partition coefficient (Wildman–Crippen LogP) is 20.7. The fraction of sp³-hybridized carbons (Fsp3) is 0.889. The molecule has 0 aliphatic rings. The fourth-order valence-corrected chi connectivity index (χ4v) is 9.30. The number of rotatable bonds is 57. The van der Waals surface area contributed by atoms with Crippen LogP contribution in [0, 0.1) is 0 Å². The van der Waals surface area contributed by atoms with Gasteiger partial charge in [0, 0.05) is 19.3 Å². The van der Waals surface area contributed by atoms with Crippen molar-refractivity contribution in [3.8, 4) is 0 Å². The highest BCUT2D eigenvalue weighted by Gasteiger charge is 2.19. The maximum atomic E-state index is 12.8. The summed E-state index contributed by atoms with van der Waals surface area (Å²) in [6.45, 7) is 6.68. The highest BCUT2D eigenvalue weighted by molar-refractivity contribution is 5.71. The van der Waals surface area contributed by atoms with Crippen LogP contribution >= 0.6 is 0 Å². The molecule has 0 aliphatic heterocycles. The first-order valence-corrected chi connectivity index (χ1v) is 30.8. The van der Waals surface area contributed by atoms with Gasteiger partial charge in [-0.2, -0.15) is 0 Å². The van der Waals surface area contributed by atoms with Crippen molar-refractivity contribution in [3.63, 3.8) is 0 Å². The minimum Gasteiger partial charge on any atom is -0.462 e. The van der Waals surface area contributed by atoms with Gasteiger partial charge in [-0.1, -0.05) is 295 Å². The van der Waals surface area contributed by atoms with Crippen molar-refractivity contribution >= 4 is 17.9 Å². The third-order valence-corrected chi connectivity index (χ3v) is 14.0. The molecule has 0 bridgehead atoms. The molecule has 0 aromatic carbocycles. The van der Waals surface area contributed by atoms with Crippen molar-refractivity contribution < 1.29 is 28.6 Å². The zero-order valence-corrected chi connectivity index (χ0v) is 46.6. The lowest BCUT2D eigenvalue weighted by Gasteiger charge is -2.18. The summed E-state index contributed by atoms with van der Waals surface area (Å²) in [6.07, 6.45) is 69.0. The van der Waals surface area contributed by atoms with Crippen molar-refractivity contribution in [1.82, 2.24) is 0 Å². The topological polar surface area (TPSA) is 78.9 Å². The maximum absolute atomic E-state index is 12.8. The molecule has 0 fully saturated rings. The van der Waals surface area contributed by atoms with Crippen LogP contribution in [0.3, 0.4) is 0 Å². The first kappa shape index (κ1) is 66.9. The second kappa shape index (κ2) is 58.5. The van der Waals surface area contributed by atoms with Gasteiger partial charge in [0.1, 0.15) is 13.2 Å². The molecule has 6 heteroatoms. The average Bonchev–Trinajstić information content (AvgIpc) is 3.35. The molecule has 0 aliphatic carbocycles. The molecule has 0 aromatic heterocycles. The molecule has 0 radical (unpaired) electrons. The van der Waals surface area contributed by atoms with Gasteiger partial charge in [0.25, 0.3) is 0 Å². The molecule has 1 unspecified atom stereocenters. The standard InChI is InChI=1S/C63H118O6/c1-4-7-10-13-16-19-22-24-26-27-28-29-30-31-32-33-34-35-37-38-41-44-47-50-53-56-62(65)68-59-60(58-67-61(64)55-52-49-46-43-40-21-18-15-12-9-6-3)69-63(66)57-54-51-48-45-42-39-36-25-23-20-17-14-11-8-5-2/h22,24,27-28,60H,4-21,23,25-26,29-59H2,1-3H3/b24-22-,28-27-. The Morgan fingerprint density at radius 1 is 0.290 bits per heavy atom. The molecular weight excluding hydrogens is 853 g/mol. The monoisotopic (exact) mass is 971 g/mol. The second-order valence-corrected chi connectivity index (χ2v) is 21.0. The van der Waals surface area contributed by atoms with Crippen LogP contribution in [-0.4, -0.2) is 37.2 Å². The highest BCUT2D eigenvalue weighted by atomic mass is 16.6. The lowest BCUT2D eigenvalue weighted by atomic mass is 10.0. The Kier molecular flexibility index (Phi) is 56.7. The number of hydrogen-bond acceptors (Lipinski definition) is 6. The minimum absolute atomic E-state index is 0.0651. The summed E-state index contributed by atoms with van der Waals surface area (Å²) in [5, 5.41) is 0. The van der Waals surface area contributed by atoms with Crippen molar-refractivity contribution in [1.29, 1.82) is 0 Å². The minimum atomic E-state index is -0.765. The predicted molar refractivity (Wildman–Crippen MR) is 298 cm³/mol. The van der Waals surface area contributed by atoms with Gasteiger partial charge >= 0.3 is 17.9 Å². The van der Waals surface area contributed by atoms with Crippen molar-refractivity contribution in [2.45, 2.75) is 348 Å². The molecule has 69 heavy (non-hydrogen) atoms. The zero-order chi connectivity index (χ0) is 50.0. The van der Waals surface area contributed by atoms with Gasteiger partial charge in [0.15, 0.2) is 6.10 Å². The normalized spacial score (nSPS) is 12.1. The van der Waals surface area contributed by atoms with Gasteiger partial charge in [-0.15, -0.1) is 0 Å². The van der Waals surface area contributed by atoms with Crippen LogP contribution in [0.15, 0.2) is 24.3 Å². The summed E-state index contributed by atoms with van der Waals surface area (Å²) in [7, 11) is 0. The Labute approximate surface area is 430 Å². The van der Waals surface area contributed by atoms with Gasteiger partial charge in [-0.05, 0) is 51.4 Å². The number of ether oxygens (including phenoxy) is 3. The van der Waals surface area contributed by atoms with Crippen LogP contribution < -0.4 is 0 Å². The van der Waals surface area contributed by atoms with Crippen molar-refractivity contribution in [2.24, 2.45) is 0 Å². The number of hydrogen-bond donors (Lipinski definition) is 0. The van der Waals surface area contributed by atoms with Gasteiger partial charge in [-0.3, -0.25) is 14.4 Å². The molecule has 406 valence electrons. The Balaban J connectivity index is 4.19. The molecular formula is C63H118O6. The summed E-state index contributed by atoms with van der Waals surface area (Å²) in [4.78, 5) is 38.1. The Morgan fingerprint density at radius 3 is 0.797 bits per heavy atom. The Hall–Kier alpha value is -2.11. The first-order chi connectivity index (χ1) is 34.0. The third kappa shape index (κ3) is 56.7. The van der Waals surface area contributed by atoms with Gasteiger partial charge in [-0.25, -0.2) is 0 Å². The molecule has 1 atom stereocenters. The van der Waals surface area contributed by atoms with Crippen LogP contribution in [0.1, 0.15) is 342 Å². The molecule has 0 amide bonds. The van der Waals surface area contributed by atoms with Gasteiger partial charge in [0.2, 0.25) is 0 Å². The van der Waals surface area contributed by atoms with E-state index in [0.29, 0.717) is 19.3 Å². The summed E-state index contributed by atoms with van der Waals surface area (Å²) >= 11 is 0. The number of esters is 3. The highest BCUT2D eigenvalue weighted by Crippen LogP contribution is 2.17. The largest absolute Gasteiger partial charge is 0.462 e. The van der Waals surface area contributed by atoms with Crippen LogP contribution in [0.25, 0.3) is 0 Å². The average molecular weight is 972 g/mol. The van der Waals surface area contributed by atoms with Crippen LogP contribution in [0.4, 0.5) is 0 Å². The lowest BCUT2D eigenvalue weighted by molar-refractivity contribution is -0.167. The summed E-state index contributed by atoms with van der Waals surface area (Å²) < 4.78 is 16.9. The molecule has 0 aromatic rings. The van der Waals surface area contributed by atoms with Crippen LogP contribution in [0.5, 0.6) is 0 Å². The van der Waals surface area contributed by atoms with Crippen LogP contribution in [0.2, 0.25) is 0 Å². The maximum Gasteiger partial charge on any atom is 0.306 e. The van der Waals surface area contributed by atoms with Gasteiger partial charge < -0.3 is 14.2 Å². The van der Waals surface area contributed by atoms with Crippen molar-refractivity contribution in [3.05, 3.63) is 24.3 Å². The smallest absolute Gasteiger partial charge is 0.306 e. The van der Waals surface area contributed by atoms with E-state index in [1.54, 1.807) is 0 Å². The number of unbranched alkanes of at least 4 members (excludes halogenated alkanes) is 42. The Morgan fingerprint density at radius 2 is 0.522 bits per heavy atom. The van der Waals surface area contributed by atoms with E-state index < -0.39 is 6.10 Å². The molecule has 0 saturated carbocycles. The summed E-state index contributed by atoms with van der Waals surface area (Å²) in [5.74, 6) is -0.843. The summed E-state index contributed by atoms with van der Waals surface area (Å²) in [5.41, 5.74) is 0.